The maximum absolute atomic E-state index is 13.2. The van der Waals surface area contributed by atoms with Crippen molar-refractivity contribution in [1.82, 2.24) is 19.3 Å². The van der Waals surface area contributed by atoms with E-state index in [1.807, 2.05) is 4.90 Å². The van der Waals surface area contributed by atoms with E-state index in [1.165, 1.54) is 4.31 Å². The first kappa shape index (κ1) is 20.5. The van der Waals surface area contributed by atoms with Crippen LogP contribution in [-0.2, 0) is 14.8 Å². The van der Waals surface area contributed by atoms with Gasteiger partial charge in [-0.25, -0.2) is 8.42 Å². The number of hydrogen-bond donors (Lipinski definition) is 0. The van der Waals surface area contributed by atoms with Crippen molar-refractivity contribution in [1.29, 1.82) is 0 Å². The molecular weight excluding hydrogens is 412 g/mol. The lowest BCUT2D eigenvalue weighted by Gasteiger charge is -2.33. The van der Waals surface area contributed by atoms with Crippen LogP contribution in [0.3, 0.4) is 0 Å². The summed E-state index contributed by atoms with van der Waals surface area (Å²) in [7, 11) is -3.65. The number of piperidine rings is 1. The molecule has 2 aliphatic heterocycles. The summed E-state index contributed by atoms with van der Waals surface area (Å²) >= 11 is 1.15. The molecule has 0 radical (unpaired) electrons. The quantitative estimate of drug-likeness (QED) is 0.728. The van der Waals surface area contributed by atoms with Gasteiger partial charge in [0.05, 0.1) is 5.92 Å². The van der Waals surface area contributed by atoms with E-state index in [1.54, 1.807) is 18.4 Å². The van der Waals surface area contributed by atoms with E-state index in [4.69, 9.17) is 4.52 Å². The first-order chi connectivity index (χ1) is 13.9. The number of amides is 1. The first-order valence-corrected chi connectivity index (χ1v) is 12.5. The molecule has 1 amide bonds. The molecule has 0 aromatic carbocycles. The van der Waals surface area contributed by atoms with Crippen molar-refractivity contribution >= 4 is 27.3 Å². The predicted octanol–water partition coefficient (Wildman–Crippen LogP) is 2.91. The molecule has 0 unspecified atom stereocenters. The molecule has 4 rings (SSSR count). The third-order valence-electron chi connectivity index (χ3n) is 5.61. The average molecular weight is 439 g/mol. The lowest BCUT2D eigenvalue weighted by atomic mass is 9.98. The summed E-state index contributed by atoms with van der Waals surface area (Å²) in [6.07, 6.45) is 5.85. The fourth-order valence-corrected chi connectivity index (χ4v) is 6.86. The van der Waals surface area contributed by atoms with Gasteiger partial charge >= 0.3 is 0 Å². The molecule has 2 aromatic rings. The van der Waals surface area contributed by atoms with Gasteiger partial charge in [-0.15, -0.1) is 11.3 Å². The van der Waals surface area contributed by atoms with Crippen molar-refractivity contribution in [3.8, 4) is 11.4 Å². The molecule has 2 fully saturated rings. The Balaban J connectivity index is 1.48. The number of aromatic nitrogens is 2. The van der Waals surface area contributed by atoms with Crippen molar-refractivity contribution in [2.24, 2.45) is 5.92 Å². The summed E-state index contributed by atoms with van der Waals surface area (Å²) in [5, 5.41) is 5.57. The summed E-state index contributed by atoms with van der Waals surface area (Å²) in [5.41, 5.74) is 0.625. The van der Waals surface area contributed by atoms with Crippen LogP contribution in [0.25, 0.3) is 11.4 Å². The number of carbonyl (C=O) groups excluding carboxylic acids is 1. The second-order valence-electron chi connectivity index (χ2n) is 7.73. The van der Waals surface area contributed by atoms with Gasteiger partial charge in [-0.1, -0.05) is 18.0 Å². The van der Waals surface area contributed by atoms with Crippen molar-refractivity contribution in [2.75, 3.05) is 26.2 Å². The molecule has 0 bridgehead atoms. The lowest BCUT2D eigenvalue weighted by molar-refractivity contribution is -0.136. The number of sulfonamides is 1. The van der Waals surface area contributed by atoms with Gasteiger partial charge in [0, 0.05) is 44.0 Å². The number of carbonyl (C=O) groups is 1. The Morgan fingerprint density at radius 2 is 1.93 bits per heavy atom. The smallest absolute Gasteiger partial charge is 0.252 e. The van der Waals surface area contributed by atoms with E-state index < -0.39 is 10.0 Å². The molecule has 0 spiro atoms. The van der Waals surface area contributed by atoms with E-state index in [0.29, 0.717) is 30.2 Å². The van der Waals surface area contributed by atoms with Crippen LogP contribution in [0.5, 0.6) is 0 Å². The Morgan fingerprint density at radius 1 is 1.17 bits per heavy atom. The lowest BCUT2D eigenvalue weighted by Crippen LogP contribution is -2.46. The van der Waals surface area contributed by atoms with Crippen LogP contribution in [0.15, 0.2) is 20.2 Å². The van der Waals surface area contributed by atoms with E-state index >= 15 is 0 Å². The summed E-state index contributed by atoms with van der Waals surface area (Å²) in [6.45, 7) is 3.98. The second kappa shape index (κ2) is 8.53. The van der Waals surface area contributed by atoms with Crippen molar-refractivity contribution < 1.29 is 17.7 Å². The number of rotatable bonds is 4. The van der Waals surface area contributed by atoms with Crippen LogP contribution < -0.4 is 0 Å². The number of hydrogen-bond acceptors (Lipinski definition) is 7. The summed E-state index contributed by atoms with van der Waals surface area (Å²) in [6, 6.07) is 1.59. The monoisotopic (exact) mass is 438 g/mol. The largest absolute Gasteiger partial charge is 0.342 e. The van der Waals surface area contributed by atoms with Gasteiger partial charge in [-0.2, -0.15) is 9.29 Å². The van der Waals surface area contributed by atoms with E-state index in [0.717, 1.165) is 56.5 Å². The highest BCUT2D eigenvalue weighted by molar-refractivity contribution is 7.91. The third kappa shape index (κ3) is 4.39. The van der Waals surface area contributed by atoms with E-state index in [-0.39, 0.29) is 22.6 Å². The highest BCUT2D eigenvalue weighted by Gasteiger charge is 2.36. The van der Waals surface area contributed by atoms with Gasteiger partial charge in [0.1, 0.15) is 4.21 Å². The molecule has 8 nitrogen and oxygen atoms in total. The third-order valence-corrected chi connectivity index (χ3v) is 8.89. The van der Waals surface area contributed by atoms with Crippen LogP contribution in [-0.4, -0.2) is 59.8 Å². The van der Waals surface area contributed by atoms with Crippen LogP contribution >= 0.6 is 11.3 Å². The minimum absolute atomic E-state index is 0.112. The fourth-order valence-electron chi connectivity index (χ4n) is 4.02. The van der Waals surface area contributed by atoms with Crippen LogP contribution in [0.4, 0.5) is 0 Å². The Kier molecular flexibility index (Phi) is 6.03. The van der Waals surface area contributed by atoms with Crippen LogP contribution in [0.1, 0.15) is 44.4 Å². The van der Waals surface area contributed by atoms with Crippen molar-refractivity contribution in [3.63, 3.8) is 0 Å². The molecule has 10 heteroatoms. The maximum Gasteiger partial charge on any atom is 0.252 e. The number of thiophene rings is 1. The second-order valence-corrected chi connectivity index (χ2v) is 10.8. The molecule has 2 saturated heterocycles. The van der Waals surface area contributed by atoms with Gasteiger partial charge in [0.25, 0.3) is 10.0 Å². The maximum atomic E-state index is 13.2. The zero-order valence-corrected chi connectivity index (χ0v) is 18.2. The molecule has 0 saturated carbocycles. The number of aryl methyl sites for hydroxylation is 1. The molecular formula is C19H26N4O4S2. The van der Waals surface area contributed by atoms with E-state index in [2.05, 4.69) is 10.1 Å². The minimum Gasteiger partial charge on any atom is -0.342 e. The van der Waals surface area contributed by atoms with Gasteiger partial charge in [-0.05, 0) is 31.7 Å². The average Bonchev–Trinajstić information content (AvgIpc) is 3.30. The Labute approximate surface area is 174 Å². The minimum atomic E-state index is -3.65. The number of likely N-dealkylation sites (tertiary alicyclic amines) is 1. The standard InChI is InChI=1S/C19H26N4O4S2/c1-14-20-18(21-27-14)16-11-17(28-13-16)29(25,26)23-10-6-7-15(12-23)19(24)22-8-4-2-3-5-9-22/h11,13,15H,2-10,12H2,1H3/t15-/m1/s1. The van der Waals surface area contributed by atoms with Gasteiger partial charge in [-0.3, -0.25) is 4.79 Å². The molecule has 29 heavy (non-hydrogen) atoms. The topological polar surface area (TPSA) is 96.6 Å². The SMILES string of the molecule is Cc1nc(-c2csc(S(=O)(=O)N3CCC[C@@H](C(=O)N4CCCCCC4)C3)c2)no1. The predicted molar refractivity (Wildman–Crippen MR) is 109 cm³/mol. The van der Waals surface area contributed by atoms with Crippen molar-refractivity contribution in [2.45, 2.75) is 49.7 Å². The Hall–Kier alpha value is -1.78. The normalized spacial score (nSPS) is 21.8. The first-order valence-electron chi connectivity index (χ1n) is 10.1. The Morgan fingerprint density at radius 3 is 2.62 bits per heavy atom. The number of nitrogens with zero attached hydrogens (tertiary/aromatic N) is 4. The molecule has 0 N–H and O–H groups in total. The van der Waals surface area contributed by atoms with Crippen LogP contribution in [0, 0.1) is 12.8 Å². The fraction of sp³-hybridized carbons (Fsp3) is 0.632. The van der Waals surface area contributed by atoms with Crippen molar-refractivity contribution in [3.05, 3.63) is 17.3 Å². The molecule has 158 valence electrons. The van der Waals surface area contributed by atoms with Gasteiger partial charge in [0.15, 0.2) is 0 Å². The highest BCUT2D eigenvalue weighted by Crippen LogP contribution is 2.31. The van der Waals surface area contributed by atoms with Gasteiger partial charge in [0.2, 0.25) is 17.6 Å². The van der Waals surface area contributed by atoms with Gasteiger partial charge < -0.3 is 9.42 Å². The van der Waals surface area contributed by atoms with Crippen LogP contribution in [0.2, 0.25) is 0 Å². The summed E-state index contributed by atoms with van der Waals surface area (Å²) in [4.78, 5) is 19.1. The Bertz CT molecular complexity index is 961. The summed E-state index contributed by atoms with van der Waals surface area (Å²) < 4.78 is 33.1. The highest BCUT2D eigenvalue weighted by atomic mass is 32.2. The zero-order valence-electron chi connectivity index (χ0n) is 16.5. The molecule has 4 heterocycles. The molecule has 2 aromatic heterocycles. The molecule has 2 aliphatic rings. The molecule has 0 aliphatic carbocycles. The summed E-state index contributed by atoms with van der Waals surface area (Å²) in [5.74, 6) is 0.673. The zero-order chi connectivity index (χ0) is 20.4. The van der Waals surface area contributed by atoms with E-state index in [9.17, 15) is 13.2 Å². The molecule has 1 atom stereocenters.